The largest absolute Gasteiger partial charge is 0.497 e. The number of aliphatic hydroxyl groups is 1. The third-order valence-corrected chi connectivity index (χ3v) is 8.49. The SMILES string of the molecule is COc1ccc2c(c1)[C@@]13Cc4[nH]c(=O)c(C(=O)O)cc4C[C@@]1(O)[C@H]1C2C3CN1C(=O)OC(C)(C)C. The number of pyridine rings is 1. The van der Waals surface area contributed by atoms with Gasteiger partial charge in [0.25, 0.3) is 5.56 Å². The molecule has 1 aromatic heterocycles. The Hall–Kier alpha value is -3.33. The van der Waals surface area contributed by atoms with Crippen molar-refractivity contribution in [2.24, 2.45) is 5.92 Å². The van der Waals surface area contributed by atoms with Gasteiger partial charge in [-0.1, -0.05) is 6.07 Å². The second kappa shape index (κ2) is 6.66. The van der Waals surface area contributed by atoms with Crippen molar-refractivity contribution < 1.29 is 29.3 Å². The molecule has 1 spiro atoms. The van der Waals surface area contributed by atoms with Crippen LogP contribution in [0.2, 0.25) is 0 Å². The molecule has 2 aromatic rings. The molecule has 1 saturated heterocycles. The first-order valence-electron chi connectivity index (χ1n) is 11.8. The van der Waals surface area contributed by atoms with E-state index < -0.39 is 40.3 Å². The molecule has 6 rings (SSSR count). The van der Waals surface area contributed by atoms with Crippen LogP contribution in [-0.4, -0.2) is 63.1 Å². The Bertz CT molecular complexity index is 1360. The van der Waals surface area contributed by atoms with Crippen molar-refractivity contribution in [2.45, 2.75) is 62.2 Å². The maximum atomic E-state index is 13.2. The minimum Gasteiger partial charge on any atom is -0.497 e. The number of aromatic carboxylic acids is 1. The van der Waals surface area contributed by atoms with Gasteiger partial charge in [0.2, 0.25) is 0 Å². The quantitative estimate of drug-likeness (QED) is 0.601. The van der Waals surface area contributed by atoms with Gasteiger partial charge < -0.3 is 29.6 Å². The zero-order valence-corrected chi connectivity index (χ0v) is 20.0. The summed E-state index contributed by atoms with van der Waals surface area (Å²) in [4.78, 5) is 41.8. The number of hydrogen-bond donors (Lipinski definition) is 3. The number of methoxy groups -OCH3 is 1. The lowest BCUT2D eigenvalue weighted by atomic mass is 9.55. The molecule has 2 unspecified atom stereocenters. The highest BCUT2D eigenvalue weighted by Gasteiger charge is 2.80. The van der Waals surface area contributed by atoms with Crippen molar-refractivity contribution in [2.75, 3.05) is 13.7 Å². The van der Waals surface area contributed by atoms with E-state index in [1.54, 1.807) is 12.0 Å². The fourth-order valence-corrected chi connectivity index (χ4v) is 7.42. The van der Waals surface area contributed by atoms with Crippen molar-refractivity contribution in [3.8, 4) is 5.75 Å². The second-order valence-corrected chi connectivity index (χ2v) is 11.2. The van der Waals surface area contributed by atoms with E-state index in [0.717, 1.165) is 11.1 Å². The molecule has 35 heavy (non-hydrogen) atoms. The monoisotopic (exact) mass is 480 g/mol. The third kappa shape index (κ3) is 2.64. The van der Waals surface area contributed by atoms with Crippen LogP contribution >= 0.6 is 0 Å². The lowest BCUT2D eigenvalue weighted by Gasteiger charge is -2.56. The van der Waals surface area contributed by atoms with E-state index in [-0.39, 0.29) is 23.8 Å². The number of hydrogen-bond acceptors (Lipinski definition) is 6. The number of rotatable bonds is 2. The first kappa shape index (κ1) is 22.2. The number of fused-ring (bicyclic) bond motifs is 3. The number of H-pyrrole nitrogens is 1. The summed E-state index contributed by atoms with van der Waals surface area (Å²) in [5.74, 6) is -0.828. The van der Waals surface area contributed by atoms with Crippen LogP contribution in [0.4, 0.5) is 4.79 Å². The lowest BCUT2D eigenvalue weighted by Crippen LogP contribution is -2.69. The Labute approximate surface area is 201 Å². The summed E-state index contributed by atoms with van der Waals surface area (Å²) >= 11 is 0. The summed E-state index contributed by atoms with van der Waals surface area (Å²) in [5.41, 5.74) is -0.535. The van der Waals surface area contributed by atoms with E-state index in [0.29, 0.717) is 30.0 Å². The number of likely N-dealkylation sites (tertiary alicyclic amines) is 1. The highest BCUT2D eigenvalue weighted by atomic mass is 16.6. The predicted molar refractivity (Wildman–Crippen MR) is 124 cm³/mol. The molecular formula is C26H28N2O7. The first-order chi connectivity index (χ1) is 16.4. The number of carbonyl (C=O) groups excluding carboxylic acids is 1. The van der Waals surface area contributed by atoms with Crippen LogP contribution in [0.1, 0.15) is 59.4 Å². The average molecular weight is 481 g/mol. The molecule has 4 bridgehead atoms. The van der Waals surface area contributed by atoms with Crippen LogP contribution in [0.25, 0.3) is 0 Å². The summed E-state index contributed by atoms with van der Waals surface area (Å²) in [6.45, 7) is 5.85. The van der Waals surface area contributed by atoms with E-state index >= 15 is 0 Å². The number of carbonyl (C=O) groups is 2. The minimum atomic E-state index is -1.36. The number of nitrogens with one attached hydrogen (secondary N) is 1. The van der Waals surface area contributed by atoms with Crippen LogP contribution in [0.3, 0.4) is 0 Å². The maximum Gasteiger partial charge on any atom is 0.410 e. The molecule has 3 aliphatic carbocycles. The molecule has 184 valence electrons. The summed E-state index contributed by atoms with van der Waals surface area (Å²) in [6.07, 6.45) is -0.00600. The predicted octanol–water partition coefficient (Wildman–Crippen LogP) is 2.20. The van der Waals surface area contributed by atoms with Crippen LogP contribution in [0.5, 0.6) is 5.75 Å². The molecule has 0 radical (unpaired) electrons. The van der Waals surface area contributed by atoms with Crippen molar-refractivity contribution in [1.29, 1.82) is 0 Å². The van der Waals surface area contributed by atoms with Gasteiger partial charge in [0.1, 0.15) is 22.5 Å². The minimum absolute atomic E-state index is 0.0806. The van der Waals surface area contributed by atoms with Gasteiger partial charge in [-0.05, 0) is 61.6 Å². The van der Waals surface area contributed by atoms with E-state index in [1.807, 2.05) is 39.0 Å². The molecule has 9 heteroatoms. The third-order valence-electron chi connectivity index (χ3n) is 8.49. The zero-order valence-electron chi connectivity index (χ0n) is 20.0. The summed E-state index contributed by atoms with van der Waals surface area (Å²) in [7, 11) is 1.59. The number of carboxylic acids is 1. The highest BCUT2D eigenvalue weighted by Crippen LogP contribution is 2.72. The van der Waals surface area contributed by atoms with Gasteiger partial charge in [0.05, 0.1) is 13.2 Å². The van der Waals surface area contributed by atoms with Gasteiger partial charge in [0, 0.05) is 36.4 Å². The molecule has 9 nitrogen and oxygen atoms in total. The topological polar surface area (TPSA) is 129 Å². The van der Waals surface area contributed by atoms with Gasteiger partial charge in [0.15, 0.2) is 0 Å². The molecule has 1 saturated carbocycles. The van der Waals surface area contributed by atoms with Gasteiger partial charge in [-0.25, -0.2) is 9.59 Å². The fourth-order valence-electron chi connectivity index (χ4n) is 7.42. The number of aromatic nitrogens is 1. The van der Waals surface area contributed by atoms with E-state index in [1.165, 1.54) is 6.07 Å². The number of ether oxygens (including phenoxy) is 2. The summed E-state index contributed by atoms with van der Waals surface area (Å²) in [5, 5.41) is 22.0. The molecule has 5 atom stereocenters. The molecule has 2 fully saturated rings. The van der Waals surface area contributed by atoms with E-state index in [2.05, 4.69) is 4.98 Å². The van der Waals surface area contributed by atoms with Gasteiger partial charge >= 0.3 is 12.1 Å². The maximum absolute atomic E-state index is 13.2. The van der Waals surface area contributed by atoms with Crippen molar-refractivity contribution >= 4 is 12.1 Å². The smallest absolute Gasteiger partial charge is 0.410 e. The van der Waals surface area contributed by atoms with Crippen molar-refractivity contribution in [3.63, 3.8) is 0 Å². The van der Waals surface area contributed by atoms with Gasteiger partial charge in [-0.2, -0.15) is 0 Å². The van der Waals surface area contributed by atoms with Crippen LogP contribution in [0, 0.1) is 5.92 Å². The van der Waals surface area contributed by atoms with Gasteiger partial charge in [-0.3, -0.25) is 4.79 Å². The van der Waals surface area contributed by atoms with Crippen LogP contribution in [0.15, 0.2) is 29.1 Å². The fraction of sp³-hybridized carbons (Fsp3) is 0.500. The molecule has 2 heterocycles. The van der Waals surface area contributed by atoms with Crippen molar-refractivity contribution in [1.82, 2.24) is 9.88 Å². The number of carboxylic acid groups (broad SMARTS) is 1. The zero-order chi connectivity index (χ0) is 25.1. The van der Waals surface area contributed by atoms with Crippen LogP contribution in [-0.2, 0) is 23.0 Å². The highest BCUT2D eigenvalue weighted by molar-refractivity contribution is 5.87. The number of amides is 1. The van der Waals surface area contributed by atoms with Gasteiger partial charge in [-0.15, -0.1) is 0 Å². The lowest BCUT2D eigenvalue weighted by molar-refractivity contribution is -0.112. The molecule has 1 aromatic carbocycles. The van der Waals surface area contributed by atoms with E-state index in [9.17, 15) is 24.6 Å². The first-order valence-corrected chi connectivity index (χ1v) is 11.8. The number of benzene rings is 1. The van der Waals surface area contributed by atoms with Crippen LogP contribution < -0.4 is 10.3 Å². The Morgan fingerprint density at radius 1 is 1.20 bits per heavy atom. The molecular weight excluding hydrogens is 452 g/mol. The van der Waals surface area contributed by atoms with E-state index in [4.69, 9.17) is 9.47 Å². The Morgan fingerprint density at radius 2 is 1.94 bits per heavy atom. The van der Waals surface area contributed by atoms with Crippen molar-refractivity contribution in [3.05, 3.63) is 62.6 Å². The Kier molecular flexibility index (Phi) is 4.22. The number of nitrogens with zero attached hydrogens (tertiary/aromatic N) is 1. The second-order valence-electron chi connectivity index (χ2n) is 11.2. The average Bonchev–Trinajstić information content (AvgIpc) is 3.35. The Balaban J connectivity index is 1.55. The Morgan fingerprint density at radius 3 is 2.60 bits per heavy atom. The number of aromatic amines is 1. The molecule has 3 N–H and O–H groups in total. The normalized spacial score (nSPS) is 31.6. The molecule has 4 aliphatic rings. The molecule has 1 aliphatic heterocycles. The standard InChI is InChI=1S/C26H28N2O7/c1-24(2,3)35-23(32)28-11-17-19-14-6-5-13(34-4)8-16(14)25(17)10-18-12(9-26(25,33)20(19)28)7-15(22(30)31)21(29)27-18/h5-8,17,19-20,33H,9-11H2,1-4H3,(H,27,29)(H,30,31)/t17?,19?,20-,25-,26-/m1/s1. The summed E-state index contributed by atoms with van der Waals surface area (Å²) in [6, 6.07) is 6.70. The number of piperidine rings is 1. The summed E-state index contributed by atoms with van der Waals surface area (Å²) < 4.78 is 11.2. The molecule has 1 amide bonds.